The van der Waals surface area contributed by atoms with E-state index in [-0.39, 0.29) is 16.5 Å². The number of likely N-dealkylation sites (N-methyl/N-ethyl adjacent to an activating group) is 1. The van der Waals surface area contributed by atoms with E-state index in [0.717, 1.165) is 13.1 Å². The maximum Gasteiger partial charge on any atom is 0.236 e. The fourth-order valence-corrected chi connectivity index (χ4v) is 3.64. The number of thioether (sulfide) groups is 1. The molecular formula is C14H20N2OS. The Morgan fingerprint density at radius 2 is 2.11 bits per heavy atom. The zero-order valence-corrected chi connectivity index (χ0v) is 12.0. The molecule has 1 N–H and O–H groups in total. The monoisotopic (exact) mass is 264 g/mol. The molecule has 1 aromatic carbocycles. The third-order valence-corrected chi connectivity index (χ3v) is 4.68. The Labute approximate surface area is 113 Å². The molecule has 1 aromatic rings. The van der Waals surface area contributed by atoms with E-state index in [1.807, 2.05) is 31.0 Å². The molecule has 2 atom stereocenters. The first-order valence-corrected chi connectivity index (χ1v) is 7.25. The lowest BCUT2D eigenvalue weighted by molar-refractivity contribution is -0.129. The average molecular weight is 264 g/mol. The van der Waals surface area contributed by atoms with Crippen LogP contribution in [0.3, 0.4) is 0 Å². The number of nitrogens with zero attached hydrogens (tertiary/aromatic N) is 1. The largest absolute Gasteiger partial charge is 0.324 e. The van der Waals surface area contributed by atoms with Crippen molar-refractivity contribution >= 4 is 17.7 Å². The van der Waals surface area contributed by atoms with Crippen LogP contribution in [-0.2, 0) is 4.79 Å². The molecule has 1 aliphatic rings. The summed E-state index contributed by atoms with van der Waals surface area (Å²) in [6.07, 6.45) is 0. The van der Waals surface area contributed by atoms with E-state index in [0.29, 0.717) is 0 Å². The SMILES string of the molecule is CNCCN1C(=O)[C@H](C)S[C@H]1c1ccccc1C. The summed E-state index contributed by atoms with van der Waals surface area (Å²) in [6.45, 7) is 5.71. The van der Waals surface area contributed by atoms with E-state index in [9.17, 15) is 4.79 Å². The number of carbonyl (C=O) groups is 1. The minimum atomic E-state index is 0.0615. The standard InChI is InChI=1S/C14H20N2OS/c1-10-6-4-5-7-12(10)14-16(9-8-15-3)13(17)11(2)18-14/h4-7,11,14-15H,8-9H2,1-3H3/t11-,14-/m0/s1. The normalized spacial score (nSPS) is 23.7. The van der Waals surface area contributed by atoms with Crippen molar-refractivity contribution in [3.8, 4) is 0 Å². The van der Waals surface area contributed by atoms with E-state index < -0.39 is 0 Å². The van der Waals surface area contributed by atoms with Gasteiger partial charge in [0.2, 0.25) is 5.91 Å². The predicted octanol–water partition coefficient (Wildman–Crippen LogP) is 2.18. The lowest BCUT2D eigenvalue weighted by atomic mass is 10.1. The molecule has 0 aliphatic carbocycles. The van der Waals surface area contributed by atoms with Crippen LogP contribution < -0.4 is 5.32 Å². The van der Waals surface area contributed by atoms with E-state index >= 15 is 0 Å². The summed E-state index contributed by atoms with van der Waals surface area (Å²) in [5.74, 6) is 0.253. The molecule has 4 heteroatoms. The summed E-state index contributed by atoms with van der Waals surface area (Å²) in [6, 6.07) is 8.33. The number of rotatable bonds is 4. The van der Waals surface area contributed by atoms with Gasteiger partial charge >= 0.3 is 0 Å². The van der Waals surface area contributed by atoms with Crippen LogP contribution in [0.2, 0.25) is 0 Å². The second-order valence-corrected chi connectivity index (χ2v) is 6.05. The topological polar surface area (TPSA) is 32.3 Å². The van der Waals surface area contributed by atoms with Crippen LogP contribution >= 0.6 is 11.8 Å². The highest BCUT2D eigenvalue weighted by molar-refractivity contribution is 8.01. The lowest BCUT2D eigenvalue weighted by Crippen LogP contribution is -2.35. The van der Waals surface area contributed by atoms with Crippen molar-refractivity contribution in [1.29, 1.82) is 0 Å². The highest BCUT2D eigenvalue weighted by Crippen LogP contribution is 2.43. The van der Waals surface area contributed by atoms with Gasteiger partial charge in [-0.3, -0.25) is 4.79 Å². The summed E-state index contributed by atoms with van der Waals surface area (Å²) >= 11 is 1.75. The van der Waals surface area contributed by atoms with E-state index in [1.165, 1.54) is 11.1 Å². The number of benzene rings is 1. The first kappa shape index (κ1) is 13.4. The quantitative estimate of drug-likeness (QED) is 0.904. The van der Waals surface area contributed by atoms with Gasteiger partial charge in [-0.15, -0.1) is 11.8 Å². The molecular weight excluding hydrogens is 244 g/mol. The van der Waals surface area contributed by atoms with Gasteiger partial charge in [0, 0.05) is 13.1 Å². The van der Waals surface area contributed by atoms with Crippen LogP contribution in [0.4, 0.5) is 0 Å². The van der Waals surface area contributed by atoms with Crippen LogP contribution in [-0.4, -0.2) is 36.2 Å². The van der Waals surface area contributed by atoms with Crippen molar-refractivity contribution in [2.24, 2.45) is 0 Å². The van der Waals surface area contributed by atoms with Crippen LogP contribution in [0.15, 0.2) is 24.3 Å². The van der Waals surface area contributed by atoms with Crippen molar-refractivity contribution in [2.75, 3.05) is 20.1 Å². The average Bonchev–Trinajstić information content (AvgIpc) is 2.64. The van der Waals surface area contributed by atoms with Crippen LogP contribution in [0.5, 0.6) is 0 Å². The zero-order chi connectivity index (χ0) is 13.1. The maximum absolute atomic E-state index is 12.2. The molecule has 98 valence electrons. The molecule has 18 heavy (non-hydrogen) atoms. The summed E-state index contributed by atoms with van der Waals surface area (Å²) in [7, 11) is 1.92. The van der Waals surface area contributed by atoms with Gasteiger partial charge in [-0.05, 0) is 32.0 Å². The van der Waals surface area contributed by atoms with Crippen molar-refractivity contribution in [3.63, 3.8) is 0 Å². The molecule has 0 bridgehead atoms. The lowest BCUT2D eigenvalue weighted by Gasteiger charge is -2.25. The predicted molar refractivity (Wildman–Crippen MR) is 76.6 cm³/mol. The number of amides is 1. The Hall–Kier alpha value is -1.00. The number of hydrogen-bond acceptors (Lipinski definition) is 3. The smallest absolute Gasteiger partial charge is 0.236 e. The third kappa shape index (κ3) is 2.54. The Morgan fingerprint density at radius 3 is 2.78 bits per heavy atom. The molecule has 1 heterocycles. The molecule has 1 saturated heterocycles. The van der Waals surface area contributed by atoms with Crippen molar-refractivity contribution in [1.82, 2.24) is 10.2 Å². The second-order valence-electron chi connectivity index (χ2n) is 4.62. The van der Waals surface area contributed by atoms with E-state index in [4.69, 9.17) is 0 Å². The van der Waals surface area contributed by atoms with Gasteiger partial charge in [0.25, 0.3) is 0 Å². The summed E-state index contributed by atoms with van der Waals surface area (Å²) in [5, 5.41) is 3.34. The van der Waals surface area contributed by atoms with Crippen LogP contribution in [0.1, 0.15) is 23.4 Å². The molecule has 1 amide bonds. The number of nitrogens with one attached hydrogen (secondary N) is 1. The Balaban J connectivity index is 2.25. The van der Waals surface area contributed by atoms with Gasteiger partial charge in [0.1, 0.15) is 5.37 Å². The summed E-state index contributed by atoms with van der Waals surface area (Å²) in [4.78, 5) is 14.2. The highest BCUT2D eigenvalue weighted by atomic mass is 32.2. The molecule has 0 aromatic heterocycles. The van der Waals surface area contributed by atoms with Crippen molar-refractivity contribution in [2.45, 2.75) is 24.5 Å². The molecule has 3 nitrogen and oxygen atoms in total. The minimum absolute atomic E-state index is 0.0615. The fourth-order valence-electron chi connectivity index (χ4n) is 2.24. The highest BCUT2D eigenvalue weighted by Gasteiger charge is 2.38. The molecule has 0 radical (unpaired) electrons. The molecule has 0 unspecified atom stereocenters. The van der Waals surface area contributed by atoms with Gasteiger partial charge in [-0.25, -0.2) is 0 Å². The van der Waals surface area contributed by atoms with Crippen molar-refractivity contribution < 1.29 is 4.79 Å². The Morgan fingerprint density at radius 1 is 1.39 bits per heavy atom. The van der Waals surface area contributed by atoms with Gasteiger partial charge in [0.15, 0.2) is 0 Å². The third-order valence-electron chi connectivity index (χ3n) is 3.30. The van der Waals surface area contributed by atoms with Crippen molar-refractivity contribution in [3.05, 3.63) is 35.4 Å². The molecule has 0 saturated carbocycles. The van der Waals surface area contributed by atoms with Gasteiger partial charge in [-0.2, -0.15) is 0 Å². The number of carbonyl (C=O) groups excluding carboxylic acids is 1. The van der Waals surface area contributed by atoms with Gasteiger partial charge in [0.05, 0.1) is 5.25 Å². The van der Waals surface area contributed by atoms with Gasteiger partial charge < -0.3 is 10.2 Å². The van der Waals surface area contributed by atoms with Crippen LogP contribution in [0, 0.1) is 6.92 Å². The first-order valence-electron chi connectivity index (χ1n) is 6.31. The summed E-state index contributed by atoms with van der Waals surface area (Å²) in [5.41, 5.74) is 2.52. The van der Waals surface area contributed by atoms with E-state index in [1.54, 1.807) is 11.8 Å². The molecule has 1 fully saturated rings. The summed E-state index contributed by atoms with van der Waals surface area (Å²) < 4.78 is 0. The molecule has 1 aliphatic heterocycles. The Bertz CT molecular complexity index is 436. The molecule has 2 rings (SSSR count). The number of aryl methyl sites for hydroxylation is 1. The van der Waals surface area contributed by atoms with Crippen LogP contribution in [0.25, 0.3) is 0 Å². The number of hydrogen-bond donors (Lipinski definition) is 1. The second kappa shape index (κ2) is 5.76. The minimum Gasteiger partial charge on any atom is -0.324 e. The fraction of sp³-hybridized carbons (Fsp3) is 0.500. The van der Waals surface area contributed by atoms with E-state index in [2.05, 4.69) is 24.4 Å². The molecule has 0 spiro atoms. The Kier molecular flexibility index (Phi) is 4.30. The van der Waals surface area contributed by atoms with Gasteiger partial charge in [-0.1, -0.05) is 24.3 Å². The maximum atomic E-state index is 12.2. The first-order chi connectivity index (χ1) is 8.65. The zero-order valence-electron chi connectivity index (χ0n) is 11.1.